The molecule has 0 heterocycles. The Kier molecular flexibility index (Phi) is 5.59. The molecule has 0 aliphatic heterocycles. The second kappa shape index (κ2) is 7.45. The van der Waals surface area contributed by atoms with Gasteiger partial charge in [-0.1, -0.05) is 64.1 Å². The van der Waals surface area contributed by atoms with E-state index in [9.17, 15) is 4.79 Å². The second-order valence-corrected chi connectivity index (χ2v) is 6.63. The molecule has 0 radical (unpaired) electrons. The lowest BCUT2D eigenvalue weighted by Crippen LogP contribution is -2.08. The first kappa shape index (κ1) is 17.3. The topological polar surface area (TPSA) is 26.3 Å². The summed E-state index contributed by atoms with van der Waals surface area (Å²) in [4.78, 5) is 12.1. The van der Waals surface area contributed by atoms with Gasteiger partial charge in [-0.25, -0.2) is 0 Å². The molecule has 2 aromatic rings. The van der Waals surface area contributed by atoms with Gasteiger partial charge in [-0.3, -0.25) is 4.79 Å². The van der Waals surface area contributed by atoms with Crippen molar-refractivity contribution in [1.82, 2.24) is 0 Å². The fraction of sp³-hybridized carbons (Fsp3) is 0.381. The maximum Gasteiger partial charge on any atom is 0.163 e. The molecule has 0 aliphatic carbocycles. The number of hydrogen-bond donors (Lipinski definition) is 0. The highest BCUT2D eigenvalue weighted by atomic mass is 16.5. The molecule has 2 heteroatoms. The zero-order valence-electron chi connectivity index (χ0n) is 14.7. The van der Waals surface area contributed by atoms with Crippen LogP contribution in [0.1, 0.15) is 73.5 Å². The number of ketones is 1. The third-order valence-electron chi connectivity index (χ3n) is 4.03. The minimum absolute atomic E-state index is 0.0532. The molecule has 2 rings (SSSR count). The standard InChI is InChI=1S/C21H26O2/c1-14(2)18-11-19(15(3)4)21(20(12-18)16(5)22)23-13-17-9-7-6-8-10-17/h6-12,14-15H,13H2,1-5H3. The molecular formula is C21H26O2. The van der Waals surface area contributed by atoms with E-state index in [-0.39, 0.29) is 5.78 Å². The molecule has 0 bridgehead atoms. The lowest BCUT2D eigenvalue weighted by atomic mass is 9.91. The Labute approximate surface area is 139 Å². The van der Waals surface area contributed by atoms with Crippen LogP contribution in [0.5, 0.6) is 5.75 Å². The third-order valence-corrected chi connectivity index (χ3v) is 4.03. The summed E-state index contributed by atoms with van der Waals surface area (Å²) >= 11 is 0. The predicted molar refractivity (Wildman–Crippen MR) is 95.4 cm³/mol. The SMILES string of the molecule is CC(=O)c1cc(C(C)C)cc(C(C)C)c1OCc1ccccc1. The Morgan fingerprint density at radius 1 is 1.00 bits per heavy atom. The van der Waals surface area contributed by atoms with E-state index in [1.54, 1.807) is 6.92 Å². The highest BCUT2D eigenvalue weighted by molar-refractivity contribution is 5.97. The van der Waals surface area contributed by atoms with E-state index < -0.39 is 0 Å². The average Bonchev–Trinajstić information content (AvgIpc) is 2.52. The average molecular weight is 310 g/mol. The van der Waals surface area contributed by atoms with Gasteiger partial charge < -0.3 is 4.74 Å². The minimum Gasteiger partial charge on any atom is -0.488 e. The van der Waals surface area contributed by atoms with Gasteiger partial charge in [0.1, 0.15) is 12.4 Å². The largest absolute Gasteiger partial charge is 0.488 e. The summed E-state index contributed by atoms with van der Waals surface area (Å²) in [5, 5.41) is 0. The Morgan fingerprint density at radius 2 is 1.65 bits per heavy atom. The van der Waals surface area contributed by atoms with Gasteiger partial charge >= 0.3 is 0 Å². The fourth-order valence-corrected chi connectivity index (χ4v) is 2.59. The van der Waals surface area contributed by atoms with Crippen molar-refractivity contribution >= 4 is 5.78 Å². The number of ether oxygens (including phenoxy) is 1. The zero-order chi connectivity index (χ0) is 17.0. The first-order valence-electron chi connectivity index (χ1n) is 8.25. The van der Waals surface area contributed by atoms with Gasteiger partial charge in [-0.15, -0.1) is 0 Å². The molecule has 122 valence electrons. The van der Waals surface area contributed by atoms with E-state index in [2.05, 4.69) is 33.8 Å². The second-order valence-electron chi connectivity index (χ2n) is 6.63. The van der Waals surface area contributed by atoms with E-state index in [1.165, 1.54) is 5.56 Å². The van der Waals surface area contributed by atoms with Gasteiger partial charge in [-0.05, 0) is 41.5 Å². The van der Waals surface area contributed by atoms with Crippen LogP contribution in [0, 0.1) is 0 Å². The highest BCUT2D eigenvalue weighted by Crippen LogP contribution is 2.35. The van der Waals surface area contributed by atoms with E-state index in [0.717, 1.165) is 16.9 Å². The number of Topliss-reactive ketones (excluding diaryl/α,β-unsaturated/α-hetero) is 1. The van der Waals surface area contributed by atoms with Gasteiger partial charge in [0.05, 0.1) is 5.56 Å². The molecule has 0 N–H and O–H groups in total. The van der Waals surface area contributed by atoms with E-state index in [4.69, 9.17) is 4.74 Å². The van der Waals surface area contributed by atoms with E-state index >= 15 is 0 Å². The van der Waals surface area contributed by atoms with Gasteiger partial charge in [0, 0.05) is 0 Å². The van der Waals surface area contributed by atoms with Crippen molar-refractivity contribution < 1.29 is 9.53 Å². The lowest BCUT2D eigenvalue weighted by Gasteiger charge is -2.20. The normalized spacial score (nSPS) is 11.1. The van der Waals surface area contributed by atoms with Crippen LogP contribution in [-0.4, -0.2) is 5.78 Å². The van der Waals surface area contributed by atoms with Crippen LogP contribution < -0.4 is 4.74 Å². The molecule has 2 aromatic carbocycles. The number of rotatable bonds is 6. The molecule has 0 amide bonds. The number of carbonyl (C=O) groups excluding carboxylic acids is 1. The molecule has 2 nitrogen and oxygen atoms in total. The summed E-state index contributed by atoms with van der Waals surface area (Å²) < 4.78 is 6.09. The lowest BCUT2D eigenvalue weighted by molar-refractivity contribution is 0.101. The number of carbonyl (C=O) groups is 1. The van der Waals surface area contributed by atoms with Gasteiger partial charge in [0.25, 0.3) is 0 Å². The molecule has 0 spiro atoms. The number of benzene rings is 2. The summed E-state index contributed by atoms with van der Waals surface area (Å²) in [7, 11) is 0. The highest BCUT2D eigenvalue weighted by Gasteiger charge is 2.19. The molecule has 0 saturated carbocycles. The minimum atomic E-state index is 0.0532. The molecule has 0 fully saturated rings. The monoisotopic (exact) mass is 310 g/mol. The first-order chi connectivity index (χ1) is 10.9. The Bertz CT molecular complexity index is 670. The van der Waals surface area contributed by atoms with Gasteiger partial charge in [0.2, 0.25) is 0 Å². The van der Waals surface area contributed by atoms with Crippen LogP contribution in [-0.2, 0) is 6.61 Å². The number of hydrogen-bond acceptors (Lipinski definition) is 2. The van der Waals surface area contributed by atoms with E-state index in [1.807, 2.05) is 36.4 Å². The zero-order valence-corrected chi connectivity index (χ0v) is 14.7. The molecule has 0 atom stereocenters. The van der Waals surface area contributed by atoms with Crippen molar-refractivity contribution in [3.63, 3.8) is 0 Å². The van der Waals surface area contributed by atoms with Crippen molar-refractivity contribution in [2.24, 2.45) is 0 Å². The Balaban J connectivity index is 2.44. The van der Waals surface area contributed by atoms with Gasteiger partial charge in [-0.2, -0.15) is 0 Å². The summed E-state index contributed by atoms with van der Waals surface area (Å²) in [6.45, 7) is 10.7. The molecule has 0 aliphatic rings. The summed E-state index contributed by atoms with van der Waals surface area (Å²) in [6.07, 6.45) is 0. The van der Waals surface area contributed by atoms with Crippen molar-refractivity contribution in [2.45, 2.75) is 53.1 Å². The fourth-order valence-electron chi connectivity index (χ4n) is 2.59. The molecule has 0 saturated heterocycles. The Morgan fingerprint density at radius 3 is 2.17 bits per heavy atom. The summed E-state index contributed by atoms with van der Waals surface area (Å²) in [6, 6.07) is 14.2. The molecule has 23 heavy (non-hydrogen) atoms. The molecule has 0 unspecified atom stereocenters. The predicted octanol–water partition coefficient (Wildman–Crippen LogP) is 5.72. The van der Waals surface area contributed by atoms with Crippen molar-refractivity contribution in [3.05, 3.63) is 64.7 Å². The maximum atomic E-state index is 12.1. The van der Waals surface area contributed by atoms with Crippen LogP contribution in [0.3, 0.4) is 0 Å². The van der Waals surface area contributed by atoms with Crippen LogP contribution in [0.2, 0.25) is 0 Å². The maximum absolute atomic E-state index is 12.1. The van der Waals surface area contributed by atoms with Crippen molar-refractivity contribution in [1.29, 1.82) is 0 Å². The third kappa shape index (κ3) is 4.22. The first-order valence-corrected chi connectivity index (χ1v) is 8.25. The van der Waals surface area contributed by atoms with Crippen LogP contribution in [0.4, 0.5) is 0 Å². The smallest absolute Gasteiger partial charge is 0.163 e. The quantitative estimate of drug-likeness (QED) is 0.638. The van der Waals surface area contributed by atoms with Crippen LogP contribution >= 0.6 is 0 Å². The summed E-state index contributed by atoms with van der Waals surface area (Å²) in [5.74, 6) is 1.48. The van der Waals surface area contributed by atoms with Crippen molar-refractivity contribution in [2.75, 3.05) is 0 Å². The van der Waals surface area contributed by atoms with Gasteiger partial charge in [0.15, 0.2) is 5.78 Å². The molecular weight excluding hydrogens is 284 g/mol. The van der Waals surface area contributed by atoms with E-state index in [0.29, 0.717) is 24.0 Å². The van der Waals surface area contributed by atoms with Crippen LogP contribution in [0.15, 0.2) is 42.5 Å². The van der Waals surface area contributed by atoms with Crippen molar-refractivity contribution in [3.8, 4) is 5.75 Å². The molecule has 0 aromatic heterocycles. The Hall–Kier alpha value is -2.09. The summed E-state index contributed by atoms with van der Waals surface area (Å²) in [5.41, 5.74) is 4.09. The van der Waals surface area contributed by atoms with Crippen LogP contribution in [0.25, 0.3) is 0 Å².